The average molecular weight is 248 g/mol. The normalized spacial score (nSPS) is 20.9. The highest BCUT2D eigenvalue weighted by Crippen LogP contribution is 2.30. The van der Waals surface area contributed by atoms with Gasteiger partial charge in [-0.05, 0) is 45.8 Å². The van der Waals surface area contributed by atoms with Crippen molar-refractivity contribution in [3.63, 3.8) is 0 Å². The highest BCUT2D eigenvalue weighted by molar-refractivity contribution is 5.39. The Morgan fingerprint density at radius 2 is 2.33 bits per heavy atom. The van der Waals surface area contributed by atoms with Crippen LogP contribution in [-0.4, -0.2) is 26.7 Å². The zero-order chi connectivity index (χ0) is 13.0. The number of benzene rings is 1. The highest BCUT2D eigenvalue weighted by Gasteiger charge is 2.21. The van der Waals surface area contributed by atoms with E-state index < -0.39 is 0 Å². The summed E-state index contributed by atoms with van der Waals surface area (Å²) < 4.78 is 5.49. The van der Waals surface area contributed by atoms with E-state index in [1.54, 1.807) is 7.11 Å². The third kappa shape index (κ3) is 3.03. The van der Waals surface area contributed by atoms with Crippen molar-refractivity contribution in [3.05, 3.63) is 29.3 Å². The molecule has 0 bridgehead atoms. The van der Waals surface area contributed by atoms with Gasteiger partial charge in [-0.3, -0.25) is 0 Å². The van der Waals surface area contributed by atoms with E-state index in [-0.39, 0.29) is 0 Å². The van der Waals surface area contributed by atoms with Crippen LogP contribution in [-0.2, 0) is 0 Å². The summed E-state index contributed by atoms with van der Waals surface area (Å²) in [6, 6.07) is 7.39. The van der Waals surface area contributed by atoms with Gasteiger partial charge in [0.2, 0.25) is 0 Å². The molecule has 0 aliphatic carbocycles. The number of methoxy groups -OCH3 is 1. The van der Waals surface area contributed by atoms with Gasteiger partial charge in [0.15, 0.2) is 0 Å². The Morgan fingerprint density at radius 3 is 2.94 bits per heavy atom. The van der Waals surface area contributed by atoms with Gasteiger partial charge < -0.3 is 15.4 Å². The lowest BCUT2D eigenvalue weighted by Crippen LogP contribution is -2.28. The van der Waals surface area contributed by atoms with Crippen LogP contribution >= 0.6 is 0 Å². The van der Waals surface area contributed by atoms with E-state index in [0.717, 1.165) is 18.7 Å². The highest BCUT2D eigenvalue weighted by atomic mass is 16.5. The monoisotopic (exact) mass is 248 g/mol. The minimum atomic E-state index is 0.357. The first-order valence-corrected chi connectivity index (χ1v) is 6.79. The number of aryl methyl sites for hydroxylation is 1. The zero-order valence-corrected chi connectivity index (χ0v) is 11.6. The molecule has 1 aromatic rings. The fourth-order valence-electron chi connectivity index (χ4n) is 2.77. The second kappa shape index (κ2) is 6.21. The molecule has 3 nitrogen and oxygen atoms in total. The van der Waals surface area contributed by atoms with Gasteiger partial charge in [0.05, 0.1) is 7.11 Å². The molecule has 2 unspecified atom stereocenters. The van der Waals surface area contributed by atoms with Crippen molar-refractivity contribution in [2.24, 2.45) is 0 Å². The number of ether oxygens (including phenoxy) is 1. The number of hydrogen-bond donors (Lipinski definition) is 2. The molecule has 2 N–H and O–H groups in total. The molecule has 1 aromatic carbocycles. The first kappa shape index (κ1) is 13.4. The first-order chi connectivity index (χ1) is 8.74. The van der Waals surface area contributed by atoms with Crippen LogP contribution in [0.5, 0.6) is 5.75 Å². The number of rotatable bonds is 5. The molecule has 0 aromatic heterocycles. The lowest BCUT2D eigenvalue weighted by atomic mass is 9.96. The standard InChI is InChI=1S/C15H24N2O/c1-11-6-7-15(18-3)13(9-11)14(16-2)10-12-5-4-8-17-12/h6-7,9,12,14,16-17H,4-5,8,10H2,1-3H3. The van der Waals surface area contributed by atoms with E-state index in [9.17, 15) is 0 Å². The maximum Gasteiger partial charge on any atom is 0.123 e. The molecule has 1 saturated heterocycles. The predicted octanol–water partition coefficient (Wildman–Crippen LogP) is 2.41. The summed E-state index contributed by atoms with van der Waals surface area (Å²) in [6.45, 7) is 3.29. The van der Waals surface area contributed by atoms with Gasteiger partial charge in [-0.15, -0.1) is 0 Å². The van der Waals surface area contributed by atoms with Crippen molar-refractivity contribution in [1.29, 1.82) is 0 Å². The van der Waals surface area contributed by atoms with Gasteiger partial charge in [-0.1, -0.05) is 17.7 Å². The summed E-state index contributed by atoms with van der Waals surface area (Å²) in [5.41, 5.74) is 2.55. The molecular weight excluding hydrogens is 224 g/mol. The largest absolute Gasteiger partial charge is 0.496 e. The minimum Gasteiger partial charge on any atom is -0.496 e. The summed E-state index contributed by atoms with van der Waals surface area (Å²) in [4.78, 5) is 0. The van der Waals surface area contributed by atoms with Crippen LogP contribution in [0.15, 0.2) is 18.2 Å². The van der Waals surface area contributed by atoms with Crippen molar-refractivity contribution in [3.8, 4) is 5.75 Å². The molecule has 1 aliphatic rings. The van der Waals surface area contributed by atoms with Crippen LogP contribution in [0.4, 0.5) is 0 Å². The van der Waals surface area contributed by atoms with Crippen LogP contribution in [0.1, 0.15) is 36.4 Å². The van der Waals surface area contributed by atoms with Gasteiger partial charge in [0.1, 0.15) is 5.75 Å². The maximum absolute atomic E-state index is 5.49. The molecule has 3 heteroatoms. The van der Waals surface area contributed by atoms with Crippen molar-refractivity contribution in [1.82, 2.24) is 10.6 Å². The van der Waals surface area contributed by atoms with Crippen LogP contribution in [0.2, 0.25) is 0 Å². The fraction of sp³-hybridized carbons (Fsp3) is 0.600. The van der Waals surface area contributed by atoms with E-state index >= 15 is 0 Å². The van der Waals surface area contributed by atoms with Crippen LogP contribution in [0, 0.1) is 6.92 Å². The molecule has 1 fully saturated rings. The topological polar surface area (TPSA) is 33.3 Å². The number of hydrogen-bond acceptors (Lipinski definition) is 3. The lowest BCUT2D eigenvalue weighted by Gasteiger charge is -2.23. The summed E-state index contributed by atoms with van der Waals surface area (Å²) in [5, 5.41) is 6.99. The molecule has 1 heterocycles. The van der Waals surface area contributed by atoms with Gasteiger partial charge in [0, 0.05) is 17.6 Å². The molecular formula is C15H24N2O. The SMILES string of the molecule is CNC(CC1CCCN1)c1cc(C)ccc1OC. The Balaban J connectivity index is 2.17. The molecule has 2 rings (SSSR count). The van der Waals surface area contributed by atoms with E-state index in [0.29, 0.717) is 12.1 Å². The van der Waals surface area contributed by atoms with E-state index in [1.807, 2.05) is 7.05 Å². The quantitative estimate of drug-likeness (QED) is 0.839. The van der Waals surface area contributed by atoms with E-state index in [1.165, 1.54) is 24.0 Å². The van der Waals surface area contributed by atoms with E-state index in [4.69, 9.17) is 4.74 Å². The lowest BCUT2D eigenvalue weighted by molar-refractivity contribution is 0.389. The molecule has 0 saturated carbocycles. The van der Waals surface area contributed by atoms with Crippen molar-refractivity contribution in [2.45, 2.75) is 38.3 Å². The van der Waals surface area contributed by atoms with Gasteiger partial charge >= 0.3 is 0 Å². The van der Waals surface area contributed by atoms with Crippen LogP contribution < -0.4 is 15.4 Å². The summed E-state index contributed by atoms with van der Waals surface area (Å²) in [6.07, 6.45) is 3.70. The number of nitrogens with one attached hydrogen (secondary N) is 2. The molecule has 1 aliphatic heterocycles. The van der Waals surface area contributed by atoms with Crippen molar-refractivity contribution in [2.75, 3.05) is 20.7 Å². The predicted molar refractivity (Wildman–Crippen MR) is 75.2 cm³/mol. The third-order valence-electron chi connectivity index (χ3n) is 3.79. The second-order valence-electron chi connectivity index (χ2n) is 5.12. The first-order valence-electron chi connectivity index (χ1n) is 6.79. The fourth-order valence-corrected chi connectivity index (χ4v) is 2.77. The second-order valence-corrected chi connectivity index (χ2v) is 5.12. The Bertz CT molecular complexity index is 386. The van der Waals surface area contributed by atoms with Gasteiger partial charge in [-0.2, -0.15) is 0 Å². The maximum atomic E-state index is 5.49. The smallest absolute Gasteiger partial charge is 0.123 e. The summed E-state index contributed by atoms with van der Waals surface area (Å²) in [7, 11) is 3.77. The van der Waals surface area contributed by atoms with Crippen LogP contribution in [0.3, 0.4) is 0 Å². The van der Waals surface area contributed by atoms with Crippen molar-refractivity contribution < 1.29 is 4.74 Å². The molecule has 0 spiro atoms. The summed E-state index contributed by atoms with van der Waals surface area (Å²) >= 11 is 0. The molecule has 100 valence electrons. The Morgan fingerprint density at radius 1 is 1.50 bits per heavy atom. The third-order valence-corrected chi connectivity index (χ3v) is 3.79. The molecule has 0 amide bonds. The van der Waals surface area contributed by atoms with Gasteiger partial charge in [-0.25, -0.2) is 0 Å². The molecule has 0 radical (unpaired) electrons. The minimum absolute atomic E-state index is 0.357. The summed E-state index contributed by atoms with van der Waals surface area (Å²) in [5.74, 6) is 0.984. The molecule has 2 atom stereocenters. The van der Waals surface area contributed by atoms with Crippen LogP contribution in [0.25, 0.3) is 0 Å². The van der Waals surface area contributed by atoms with Gasteiger partial charge in [0.25, 0.3) is 0 Å². The average Bonchev–Trinajstić information content (AvgIpc) is 2.88. The Hall–Kier alpha value is -1.06. The van der Waals surface area contributed by atoms with E-state index in [2.05, 4.69) is 35.8 Å². The van der Waals surface area contributed by atoms with Crippen molar-refractivity contribution >= 4 is 0 Å². The molecule has 18 heavy (non-hydrogen) atoms. The Labute approximate surface area is 110 Å². The zero-order valence-electron chi connectivity index (χ0n) is 11.6. The Kier molecular flexibility index (Phi) is 4.61.